The van der Waals surface area contributed by atoms with E-state index >= 15 is 0 Å². The number of anilines is 1. The molecular formula is C28H23F2N5O2. The molecule has 3 aromatic carbocycles. The molecule has 186 valence electrons. The largest absolute Gasteiger partial charge is 0.497 e. The van der Waals surface area contributed by atoms with Gasteiger partial charge in [0.05, 0.1) is 25.5 Å². The fourth-order valence-electron chi connectivity index (χ4n) is 4.67. The number of imidazole rings is 1. The Balaban J connectivity index is 1.43. The average molecular weight is 500 g/mol. The smallest absolute Gasteiger partial charge is 0.335 e. The molecule has 5 aromatic rings. The number of rotatable bonds is 7. The zero-order chi connectivity index (χ0) is 25.5. The van der Waals surface area contributed by atoms with Gasteiger partial charge in [0, 0.05) is 23.6 Å². The Morgan fingerprint density at radius 1 is 1.03 bits per heavy atom. The minimum atomic E-state index is -0.728. The van der Waals surface area contributed by atoms with Crippen LogP contribution in [0.15, 0.2) is 83.8 Å². The topological polar surface area (TPSA) is 74.0 Å². The van der Waals surface area contributed by atoms with E-state index in [0.717, 1.165) is 6.42 Å². The molecule has 1 aliphatic carbocycles. The summed E-state index contributed by atoms with van der Waals surface area (Å²) in [4.78, 5) is 22.8. The molecule has 1 fully saturated rings. The van der Waals surface area contributed by atoms with Crippen molar-refractivity contribution in [2.24, 2.45) is 0 Å². The Morgan fingerprint density at radius 2 is 1.78 bits per heavy atom. The van der Waals surface area contributed by atoms with Gasteiger partial charge in [0.2, 0.25) is 5.95 Å². The highest BCUT2D eigenvalue weighted by Gasteiger charge is 2.38. The highest BCUT2D eigenvalue weighted by molar-refractivity contribution is 5.74. The second-order valence-electron chi connectivity index (χ2n) is 9.01. The lowest BCUT2D eigenvalue weighted by Gasteiger charge is -2.07. The van der Waals surface area contributed by atoms with E-state index in [-0.39, 0.29) is 18.2 Å². The number of hydrogen-bond acceptors (Lipinski definition) is 5. The predicted octanol–water partition coefficient (Wildman–Crippen LogP) is 4.89. The van der Waals surface area contributed by atoms with Crippen molar-refractivity contribution in [1.29, 1.82) is 0 Å². The SMILES string of the molecule is COc1cccc(-n2c(=O)n(Cc3c(F)cccc3F)c3cnc(NC4C[C@H]4c4ccccc4)nc32)c1. The van der Waals surface area contributed by atoms with Crippen LogP contribution >= 0.6 is 0 Å². The van der Waals surface area contributed by atoms with E-state index in [9.17, 15) is 13.6 Å². The molecule has 7 nitrogen and oxygen atoms in total. The molecule has 1 saturated carbocycles. The van der Waals surface area contributed by atoms with Crippen molar-refractivity contribution in [2.45, 2.75) is 24.9 Å². The maximum atomic E-state index is 14.5. The molecule has 0 radical (unpaired) electrons. The average Bonchev–Trinajstić information content (AvgIpc) is 3.63. The lowest BCUT2D eigenvalue weighted by Crippen LogP contribution is -2.24. The number of nitrogens with one attached hydrogen (secondary N) is 1. The van der Waals surface area contributed by atoms with Gasteiger partial charge in [-0.05, 0) is 36.2 Å². The molecule has 0 bridgehead atoms. The van der Waals surface area contributed by atoms with Crippen LogP contribution < -0.4 is 15.7 Å². The Morgan fingerprint density at radius 3 is 2.54 bits per heavy atom. The Kier molecular flexibility index (Phi) is 5.67. The van der Waals surface area contributed by atoms with E-state index in [1.165, 1.54) is 46.2 Å². The van der Waals surface area contributed by atoms with Crippen molar-refractivity contribution in [1.82, 2.24) is 19.1 Å². The lowest BCUT2D eigenvalue weighted by molar-refractivity contribution is 0.414. The van der Waals surface area contributed by atoms with Gasteiger partial charge < -0.3 is 10.1 Å². The molecule has 2 heterocycles. The van der Waals surface area contributed by atoms with Crippen LogP contribution in [0.4, 0.5) is 14.7 Å². The van der Waals surface area contributed by atoms with Crippen LogP contribution in [0.1, 0.15) is 23.5 Å². The lowest BCUT2D eigenvalue weighted by atomic mass is 10.1. The standard InChI is InChI=1S/C28H23F2N5O2/c1-37-19-10-5-9-18(13-19)35-26-25(34(28(35)36)16-21-22(29)11-6-12-23(21)30)15-31-27(33-26)32-24-14-20(24)17-7-3-2-4-8-17/h2-13,15,20,24H,14,16H2,1H3,(H,31,32,33)/t20-,24?/m0/s1. The van der Waals surface area contributed by atoms with Gasteiger partial charge in [-0.3, -0.25) is 4.57 Å². The van der Waals surface area contributed by atoms with Crippen LogP contribution in [0.25, 0.3) is 16.9 Å². The van der Waals surface area contributed by atoms with Crippen LogP contribution in [0.2, 0.25) is 0 Å². The number of methoxy groups -OCH3 is 1. The molecule has 9 heteroatoms. The van der Waals surface area contributed by atoms with Crippen LogP contribution in [0.5, 0.6) is 5.75 Å². The fourth-order valence-corrected chi connectivity index (χ4v) is 4.67. The first-order valence-electron chi connectivity index (χ1n) is 11.9. The number of fused-ring (bicyclic) bond motifs is 1. The van der Waals surface area contributed by atoms with Gasteiger partial charge >= 0.3 is 5.69 Å². The van der Waals surface area contributed by atoms with E-state index in [1.54, 1.807) is 24.3 Å². The number of benzene rings is 3. The highest BCUT2D eigenvalue weighted by atomic mass is 19.1. The van der Waals surface area contributed by atoms with Gasteiger partial charge in [0.25, 0.3) is 0 Å². The van der Waals surface area contributed by atoms with Crippen LogP contribution in [0.3, 0.4) is 0 Å². The summed E-state index contributed by atoms with van der Waals surface area (Å²) in [6, 6.07) is 21.0. The molecule has 1 N–H and O–H groups in total. The maximum Gasteiger partial charge on any atom is 0.335 e. The zero-order valence-corrected chi connectivity index (χ0v) is 19.9. The molecule has 6 rings (SSSR count). The molecule has 1 aliphatic rings. The van der Waals surface area contributed by atoms with Gasteiger partial charge in [0.1, 0.15) is 22.9 Å². The first-order chi connectivity index (χ1) is 18.0. The van der Waals surface area contributed by atoms with Gasteiger partial charge in [-0.1, -0.05) is 42.5 Å². The van der Waals surface area contributed by atoms with E-state index in [2.05, 4.69) is 27.4 Å². The third-order valence-corrected chi connectivity index (χ3v) is 6.70. The molecule has 0 saturated heterocycles. The Hall–Kier alpha value is -4.53. The van der Waals surface area contributed by atoms with Gasteiger partial charge in [-0.2, -0.15) is 4.98 Å². The summed E-state index contributed by atoms with van der Waals surface area (Å²) in [6.45, 7) is -0.306. The van der Waals surface area contributed by atoms with Crippen LogP contribution in [-0.4, -0.2) is 32.3 Å². The fraction of sp³-hybridized carbons (Fsp3) is 0.179. The summed E-state index contributed by atoms with van der Waals surface area (Å²) >= 11 is 0. The summed E-state index contributed by atoms with van der Waals surface area (Å²) in [5.74, 6) is -0.166. The van der Waals surface area contributed by atoms with E-state index in [4.69, 9.17) is 4.74 Å². The molecule has 1 unspecified atom stereocenters. The number of nitrogens with zero attached hydrogens (tertiary/aromatic N) is 4. The van der Waals surface area contributed by atoms with Crippen molar-refractivity contribution < 1.29 is 13.5 Å². The third-order valence-electron chi connectivity index (χ3n) is 6.70. The maximum absolute atomic E-state index is 14.5. The van der Waals surface area contributed by atoms with Crippen molar-refractivity contribution in [3.05, 3.63) is 112 Å². The first kappa shape index (κ1) is 22.9. The minimum absolute atomic E-state index is 0.173. The minimum Gasteiger partial charge on any atom is -0.497 e. The van der Waals surface area contributed by atoms with E-state index in [1.807, 2.05) is 18.2 Å². The summed E-state index contributed by atoms with van der Waals surface area (Å²) in [7, 11) is 1.54. The molecule has 2 atom stereocenters. The Labute approximate surface area is 211 Å². The van der Waals surface area contributed by atoms with Crippen LogP contribution in [-0.2, 0) is 6.54 Å². The van der Waals surface area contributed by atoms with Gasteiger partial charge in [-0.15, -0.1) is 0 Å². The van der Waals surface area contributed by atoms with Crippen molar-refractivity contribution in [3.8, 4) is 11.4 Å². The molecule has 37 heavy (non-hydrogen) atoms. The predicted molar refractivity (Wildman–Crippen MR) is 136 cm³/mol. The van der Waals surface area contributed by atoms with Crippen molar-refractivity contribution >= 4 is 17.1 Å². The zero-order valence-electron chi connectivity index (χ0n) is 19.9. The van der Waals surface area contributed by atoms with Crippen LogP contribution in [0, 0.1) is 11.6 Å². The van der Waals surface area contributed by atoms with Gasteiger partial charge in [0.15, 0.2) is 5.65 Å². The summed E-state index contributed by atoms with van der Waals surface area (Å²) in [5.41, 5.74) is 1.74. The number of hydrogen-bond donors (Lipinski definition) is 1. The summed E-state index contributed by atoms with van der Waals surface area (Å²) in [6.07, 6.45) is 2.46. The third kappa shape index (κ3) is 4.22. The van der Waals surface area contributed by atoms with Gasteiger partial charge in [-0.25, -0.2) is 23.1 Å². The molecule has 0 spiro atoms. The number of aromatic nitrogens is 4. The molecule has 0 amide bonds. The first-order valence-corrected chi connectivity index (χ1v) is 11.9. The number of halogens is 2. The monoisotopic (exact) mass is 499 g/mol. The van der Waals surface area contributed by atoms with Crippen molar-refractivity contribution in [3.63, 3.8) is 0 Å². The molecule has 0 aliphatic heterocycles. The summed E-state index contributed by atoms with van der Waals surface area (Å²) < 4.78 is 37.0. The van der Waals surface area contributed by atoms with E-state index in [0.29, 0.717) is 34.5 Å². The highest BCUT2D eigenvalue weighted by Crippen LogP contribution is 2.42. The Bertz CT molecular complexity index is 1640. The molecule has 2 aromatic heterocycles. The number of ether oxygens (including phenoxy) is 1. The van der Waals surface area contributed by atoms with Crippen molar-refractivity contribution in [2.75, 3.05) is 12.4 Å². The molecular weight excluding hydrogens is 476 g/mol. The second kappa shape index (κ2) is 9.16. The second-order valence-corrected chi connectivity index (χ2v) is 9.01. The van der Waals surface area contributed by atoms with E-state index < -0.39 is 17.3 Å². The normalized spacial score (nSPS) is 16.6. The quantitative estimate of drug-likeness (QED) is 0.345. The summed E-state index contributed by atoms with van der Waals surface area (Å²) in [5, 5.41) is 3.36.